The van der Waals surface area contributed by atoms with Gasteiger partial charge in [-0.3, -0.25) is 15.1 Å². The quantitative estimate of drug-likeness (QED) is 0.307. The second-order valence-corrected chi connectivity index (χ2v) is 9.07. The van der Waals surface area contributed by atoms with Crippen LogP contribution in [0.2, 0.25) is 0 Å². The number of nitrogens with zero attached hydrogens (tertiary/aromatic N) is 4. The van der Waals surface area contributed by atoms with Gasteiger partial charge in [0.2, 0.25) is 5.91 Å². The minimum Gasteiger partial charge on any atom is -0.379 e. The molecule has 0 bridgehead atoms. The summed E-state index contributed by atoms with van der Waals surface area (Å²) in [6, 6.07) is 8.00. The molecule has 34 heavy (non-hydrogen) atoms. The van der Waals surface area contributed by atoms with E-state index in [9.17, 15) is 4.79 Å². The smallest absolute Gasteiger partial charge is 0.222 e. The van der Waals surface area contributed by atoms with Gasteiger partial charge in [0.1, 0.15) is 24.4 Å². The van der Waals surface area contributed by atoms with Crippen molar-refractivity contribution < 1.29 is 14.3 Å². The van der Waals surface area contributed by atoms with Gasteiger partial charge >= 0.3 is 0 Å². The number of nitrogens with one attached hydrogen (secondary N) is 2. The molecule has 1 aromatic rings. The van der Waals surface area contributed by atoms with Crippen LogP contribution in [0.4, 0.5) is 0 Å². The second-order valence-electron chi connectivity index (χ2n) is 9.07. The van der Waals surface area contributed by atoms with Gasteiger partial charge in [-0.15, -0.1) is 0 Å². The van der Waals surface area contributed by atoms with Crippen LogP contribution < -0.4 is 5.32 Å². The molecule has 0 aromatic heterocycles. The van der Waals surface area contributed by atoms with Gasteiger partial charge < -0.3 is 24.6 Å². The topological polar surface area (TPSA) is 93.5 Å². The molecule has 2 aliphatic rings. The summed E-state index contributed by atoms with van der Waals surface area (Å²) in [6.07, 6.45) is 2.41. The third kappa shape index (κ3) is 7.78. The van der Waals surface area contributed by atoms with Crippen molar-refractivity contribution >= 4 is 17.6 Å². The van der Waals surface area contributed by atoms with Crippen molar-refractivity contribution in [3.8, 4) is 0 Å². The second kappa shape index (κ2) is 13.4. The van der Waals surface area contributed by atoms with E-state index in [1.807, 2.05) is 14.1 Å². The van der Waals surface area contributed by atoms with Gasteiger partial charge in [-0.2, -0.15) is 0 Å². The third-order valence-corrected chi connectivity index (χ3v) is 6.09. The van der Waals surface area contributed by atoms with Crippen LogP contribution in [0, 0.1) is 5.41 Å². The van der Waals surface area contributed by atoms with Crippen LogP contribution in [0.15, 0.2) is 29.3 Å². The molecule has 3 rings (SSSR count). The first kappa shape index (κ1) is 26.1. The van der Waals surface area contributed by atoms with Crippen molar-refractivity contribution in [2.24, 2.45) is 4.99 Å². The van der Waals surface area contributed by atoms with Gasteiger partial charge in [0.05, 0.1) is 13.2 Å². The van der Waals surface area contributed by atoms with E-state index in [2.05, 4.69) is 46.3 Å². The highest BCUT2D eigenvalue weighted by Crippen LogP contribution is 2.16. The monoisotopic (exact) mass is 472 g/mol. The number of aliphatic imine (C=N–C) groups is 1. The SMILES string of the molecule is CCCCOCN=C1C(C(=N)N(C)C)NC(=O)CCN1Cc1cccc(CN2CCOCC2)c1. The molecule has 2 heterocycles. The van der Waals surface area contributed by atoms with Crippen LogP contribution in [0.1, 0.15) is 37.3 Å². The zero-order chi connectivity index (χ0) is 24.3. The Hall–Kier alpha value is -2.49. The number of rotatable bonds is 10. The van der Waals surface area contributed by atoms with Crippen LogP contribution in [0.3, 0.4) is 0 Å². The van der Waals surface area contributed by atoms with Gasteiger partial charge in [-0.1, -0.05) is 37.6 Å². The van der Waals surface area contributed by atoms with Crippen LogP contribution in [-0.2, 0) is 27.4 Å². The molecule has 1 amide bonds. The number of hydrogen-bond donors (Lipinski definition) is 2. The number of ether oxygens (including phenoxy) is 2. The number of benzene rings is 1. The standard InChI is InChI=1S/C25H40N6O3/c1-4-5-13-34-19-27-25-23(24(26)29(2)3)28-22(32)9-10-31(25)18-21-8-6-7-20(16-21)17-30-11-14-33-15-12-30/h6-8,16,23,26H,4-5,9-15,17-19H2,1-3H3,(H,28,32). The number of amides is 1. The van der Waals surface area contributed by atoms with Gasteiger partial charge in [0.25, 0.3) is 0 Å². The van der Waals surface area contributed by atoms with Crippen molar-refractivity contribution in [1.82, 2.24) is 20.0 Å². The highest BCUT2D eigenvalue weighted by Gasteiger charge is 2.32. The lowest BCUT2D eigenvalue weighted by molar-refractivity contribution is -0.120. The van der Waals surface area contributed by atoms with Crippen LogP contribution in [0.25, 0.3) is 0 Å². The number of morpholine rings is 1. The van der Waals surface area contributed by atoms with Crippen molar-refractivity contribution in [3.05, 3.63) is 35.4 Å². The summed E-state index contributed by atoms with van der Waals surface area (Å²) in [5, 5.41) is 11.6. The van der Waals surface area contributed by atoms with Gasteiger partial charge in [-0.05, 0) is 17.5 Å². The Labute approximate surface area is 203 Å². The van der Waals surface area contributed by atoms with E-state index in [0.29, 0.717) is 37.8 Å². The van der Waals surface area contributed by atoms with E-state index in [0.717, 1.165) is 51.3 Å². The molecule has 188 valence electrons. The summed E-state index contributed by atoms with van der Waals surface area (Å²) in [5.74, 6) is 0.910. The fraction of sp³-hybridized carbons (Fsp3) is 0.640. The Morgan fingerprint density at radius 1 is 1.24 bits per heavy atom. The maximum atomic E-state index is 12.5. The van der Waals surface area contributed by atoms with Crippen LogP contribution in [-0.4, -0.2) is 98.6 Å². The van der Waals surface area contributed by atoms with Crippen molar-refractivity contribution in [3.63, 3.8) is 0 Å². The first-order valence-electron chi connectivity index (χ1n) is 12.3. The zero-order valence-electron chi connectivity index (χ0n) is 20.9. The summed E-state index contributed by atoms with van der Waals surface area (Å²) in [4.78, 5) is 23.5. The fourth-order valence-corrected chi connectivity index (χ4v) is 4.12. The highest BCUT2D eigenvalue weighted by atomic mass is 16.5. The molecule has 1 aromatic carbocycles. The third-order valence-electron chi connectivity index (χ3n) is 6.09. The van der Waals surface area contributed by atoms with E-state index in [4.69, 9.17) is 19.9 Å². The average molecular weight is 473 g/mol. The Morgan fingerprint density at radius 2 is 1.97 bits per heavy atom. The summed E-state index contributed by atoms with van der Waals surface area (Å²) < 4.78 is 11.2. The summed E-state index contributed by atoms with van der Waals surface area (Å²) in [5.41, 5.74) is 2.43. The van der Waals surface area contributed by atoms with E-state index in [1.165, 1.54) is 5.56 Å². The molecule has 1 atom stereocenters. The predicted molar refractivity (Wildman–Crippen MR) is 134 cm³/mol. The zero-order valence-corrected chi connectivity index (χ0v) is 20.9. The molecule has 9 heteroatoms. The van der Waals surface area contributed by atoms with E-state index < -0.39 is 6.04 Å². The molecule has 0 spiro atoms. The maximum Gasteiger partial charge on any atom is 0.222 e. The van der Waals surface area contributed by atoms with Gasteiger partial charge in [0.15, 0.2) is 0 Å². The molecule has 0 aliphatic carbocycles. The first-order chi connectivity index (χ1) is 16.5. The maximum absolute atomic E-state index is 12.5. The molecule has 0 saturated carbocycles. The normalized spacial score (nSPS) is 20.8. The number of amidine groups is 2. The first-order valence-corrected chi connectivity index (χ1v) is 12.3. The van der Waals surface area contributed by atoms with Crippen LogP contribution in [0.5, 0.6) is 0 Å². The number of carbonyl (C=O) groups excluding carboxylic acids is 1. The number of hydrogen-bond acceptors (Lipinski definition) is 6. The van der Waals surface area contributed by atoms with Crippen LogP contribution >= 0.6 is 0 Å². The summed E-state index contributed by atoms with van der Waals surface area (Å²) in [6.45, 7) is 8.54. The lowest BCUT2D eigenvalue weighted by atomic mass is 10.1. The Kier molecular flexibility index (Phi) is 10.3. The number of unbranched alkanes of at least 4 members (excludes halogenated alkanes) is 1. The molecule has 2 aliphatic heterocycles. The van der Waals surface area contributed by atoms with Gasteiger partial charge in [0, 0.05) is 59.8 Å². The lowest BCUT2D eigenvalue weighted by Gasteiger charge is -2.31. The molecule has 2 fully saturated rings. The minimum atomic E-state index is -0.601. The molecular formula is C25H40N6O3. The van der Waals surface area contributed by atoms with E-state index in [-0.39, 0.29) is 12.6 Å². The molecular weight excluding hydrogens is 432 g/mol. The Morgan fingerprint density at radius 3 is 2.68 bits per heavy atom. The lowest BCUT2D eigenvalue weighted by Crippen LogP contribution is -2.53. The molecule has 2 N–H and O–H groups in total. The van der Waals surface area contributed by atoms with E-state index in [1.54, 1.807) is 4.90 Å². The minimum absolute atomic E-state index is 0.0697. The summed E-state index contributed by atoms with van der Waals surface area (Å²) >= 11 is 0. The van der Waals surface area contributed by atoms with Crippen molar-refractivity contribution in [2.45, 2.75) is 45.3 Å². The van der Waals surface area contributed by atoms with E-state index >= 15 is 0 Å². The average Bonchev–Trinajstić information content (AvgIpc) is 2.98. The summed E-state index contributed by atoms with van der Waals surface area (Å²) in [7, 11) is 3.63. The predicted octanol–water partition coefficient (Wildman–Crippen LogP) is 1.92. The Balaban J connectivity index is 1.79. The molecule has 1 unspecified atom stereocenters. The largest absolute Gasteiger partial charge is 0.379 e. The number of likely N-dealkylation sites (N-methyl/N-ethyl adjacent to an activating group) is 1. The number of carbonyl (C=O) groups is 1. The molecule has 0 radical (unpaired) electrons. The van der Waals surface area contributed by atoms with Crippen molar-refractivity contribution in [1.29, 1.82) is 5.41 Å². The van der Waals surface area contributed by atoms with Crippen molar-refractivity contribution in [2.75, 3.05) is 60.3 Å². The fourth-order valence-electron chi connectivity index (χ4n) is 4.12. The highest BCUT2D eigenvalue weighted by molar-refractivity contribution is 6.10. The molecule has 2 saturated heterocycles. The van der Waals surface area contributed by atoms with Gasteiger partial charge in [-0.25, -0.2) is 4.99 Å². The molecule has 9 nitrogen and oxygen atoms in total. The Bertz CT molecular complexity index is 838.